The quantitative estimate of drug-likeness (QED) is 0.257. The van der Waals surface area contributed by atoms with E-state index in [4.69, 9.17) is 4.74 Å². The molecule has 176 valence electrons. The molecule has 3 N–H and O–H groups in total. The van der Waals surface area contributed by atoms with Crippen LogP contribution in [0.2, 0.25) is 0 Å². The zero-order valence-electron chi connectivity index (χ0n) is 19.1. The maximum Gasteiger partial charge on any atom is 0.275 e. The van der Waals surface area contributed by atoms with Crippen molar-refractivity contribution in [3.05, 3.63) is 108 Å². The molecule has 0 saturated carbocycles. The molecule has 0 spiro atoms. The molecule has 0 bridgehead atoms. The third kappa shape index (κ3) is 5.10. The van der Waals surface area contributed by atoms with Gasteiger partial charge in [0.2, 0.25) is 0 Å². The number of ether oxygens (including phenoxy) is 1. The molecule has 1 aliphatic rings. The van der Waals surface area contributed by atoms with Gasteiger partial charge >= 0.3 is 0 Å². The number of carbonyl (C=O) groups excluding carboxylic acids is 1. The van der Waals surface area contributed by atoms with Crippen molar-refractivity contribution < 1.29 is 14.7 Å². The first-order chi connectivity index (χ1) is 17.2. The lowest BCUT2D eigenvalue weighted by atomic mass is 9.95. The fraction of sp³-hybridized carbons (Fsp3) is 0.143. The SMILES string of the molecule is O=C(NO)c1cccc(N2CC(Oc3ccc(CNc4cccnc4)cc3)C2)c1-c1ccccc1. The summed E-state index contributed by atoms with van der Waals surface area (Å²) in [4.78, 5) is 18.6. The predicted molar refractivity (Wildman–Crippen MR) is 136 cm³/mol. The third-order valence-electron chi connectivity index (χ3n) is 6.02. The second-order valence-corrected chi connectivity index (χ2v) is 8.39. The van der Waals surface area contributed by atoms with Crippen molar-refractivity contribution in [1.29, 1.82) is 0 Å². The van der Waals surface area contributed by atoms with E-state index in [0.717, 1.165) is 33.8 Å². The predicted octanol–water partition coefficient (Wildman–Crippen LogP) is 4.75. The Morgan fingerprint density at radius 1 is 0.971 bits per heavy atom. The summed E-state index contributed by atoms with van der Waals surface area (Å²) in [5.41, 5.74) is 6.99. The van der Waals surface area contributed by atoms with Crippen LogP contribution in [-0.2, 0) is 6.54 Å². The molecule has 4 aromatic rings. The van der Waals surface area contributed by atoms with Crippen LogP contribution in [0.15, 0.2) is 97.3 Å². The van der Waals surface area contributed by atoms with Crippen molar-refractivity contribution in [2.45, 2.75) is 12.6 Å². The van der Waals surface area contributed by atoms with Crippen molar-refractivity contribution in [1.82, 2.24) is 10.5 Å². The van der Waals surface area contributed by atoms with Crippen molar-refractivity contribution in [2.75, 3.05) is 23.3 Å². The number of pyridine rings is 1. The first kappa shape index (κ1) is 22.4. The van der Waals surface area contributed by atoms with Crippen molar-refractivity contribution >= 4 is 17.3 Å². The number of hydrogen-bond donors (Lipinski definition) is 3. The van der Waals surface area contributed by atoms with Crippen LogP contribution in [0.4, 0.5) is 11.4 Å². The summed E-state index contributed by atoms with van der Waals surface area (Å²) in [5.74, 6) is 0.300. The normalized spacial score (nSPS) is 13.1. The van der Waals surface area contributed by atoms with Crippen LogP contribution in [0.25, 0.3) is 11.1 Å². The van der Waals surface area contributed by atoms with Crippen LogP contribution in [0.3, 0.4) is 0 Å². The first-order valence-electron chi connectivity index (χ1n) is 11.5. The van der Waals surface area contributed by atoms with E-state index in [1.807, 2.05) is 66.7 Å². The van der Waals surface area contributed by atoms with E-state index in [1.165, 1.54) is 0 Å². The van der Waals surface area contributed by atoms with E-state index < -0.39 is 5.91 Å². The number of aromatic nitrogens is 1. The molecule has 1 saturated heterocycles. The van der Waals surface area contributed by atoms with Crippen LogP contribution < -0.4 is 20.4 Å². The average Bonchev–Trinajstić information content (AvgIpc) is 2.90. The second-order valence-electron chi connectivity index (χ2n) is 8.39. The molecule has 1 aromatic heterocycles. The number of benzene rings is 3. The number of carbonyl (C=O) groups is 1. The number of hydroxylamine groups is 1. The average molecular weight is 467 g/mol. The summed E-state index contributed by atoms with van der Waals surface area (Å²) in [7, 11) is 0. The maximum absolute atomic E-state index is 12.3. The summed E-state index contributed by atoms with van der Waals surface area (Å²) < 4.78 is 6.17. The van der Waals surface area contributed by atoms with E-state index in [0.29, 0.717) is 25.2 Å². The Balaban J connectivity index is 1.24. The smallest absolute Gasteiger partial charge is 0.275 e. The molecule has 1 fully saturated rings. The van der Waals surface area contributed by atoms with Gasteiger partial charge in [-0.1, -0.05) is 48.5 Å². The highest BCUT2D eigenvalue weighted by Gasteiger charge is 2.31. The highest BCUT2D eigenvalue weighted by molar-refractivity contribution is 6.03. The number of rotatable bonds is 8. The Hall–Kier alpha value is -4.36. The number of anilines is 2. The minimum absolute atomic E-state index is 0.0494. The molecule has 0 unspecified atom stereocenters. The van der Waals surface area contributed by atoms with Crippen molar-refractivity contribution in [3.63, 3.8) is 0 Å². The molecular weight excluding hydrogens is 440 g/mol. The first-order valence-corrected chi connectivity index (χ1v) is 11.5. The molecule has 5 rings (SSSR count). The minimum Gasteiger partial charge on any atom is -0.487 e. The van der Waals surface area contributed by atoms with E-state index in [9.17, 15) is 10.0 Å². The van der Waals surface area contributed by atoms with Gasteiger partial charge in [-0.25, -0.2) is 5.48 Å². The van der Waals surface area contributed by atoms with Gasteiger partial charge in [-0.3, -0.25) is 15.0 Å². The minimum atomic E-state index is -0.530. The molecule has 1 aliphatic heterocycles. The molecule has 0 aliphatic carbocycles. The van der Waals surface area contributed by atoms with Gasteiger partial charge in [-0.05, 0) is 47.5 Å². The van der Waals surface area contributed by atoms with E-state index in [2.05, 4.69) is 27.3 Å². The van der Waals surface area contributed by atoms with Gasteiger partial charge < -0.3 is 15.0 Å². The van der Waals surface area contributed by atoms with Crippen LogP contribution >= 0.6 is 0 Å². The van der Waals surface area contributed by atoms with Gasteiger partial charge in [0.25, 0.3) is 5.91 Å². The fourth-order valence-corrected chi connectivity index (χ4v) is 4.22. The summed E-state index contributed by atoms with van der Waals surface area (Å²) >= 11 is 0. The molecule has 3 aromatic carbocycles. The highest BCUT2D eigenvalue weighted by Crippen LogP contribution is 2.37. The zero-order valence-corrected chi connectivity index (χ0v) is 19.1. The van der Waals surface area contributed by atoms with Gasteiger partial charge in [0.1, 0.15) is 11.9 Å². The van der Waals surface area contributed by atoms with Gasteiger partial charge in [-0.2, -0.15) is 0 Å². The van der Waals surface area contributed by atoms with Gasteiger partial charge in [0.05, 0.1) is 24.3 Å². The van der Waals surface area contributed by atoms with Gasteiger partial charge in [-0.15, -0.1) is 0 Å². The molecule has 2 heterocycles. The largest absolute Gasteiger partial charge is 0.487 e. The van der Waals surface area contributed by atoms with Crippen LogP contribution in [0.5, 0.6) is 5.75 Å². The van der Waals surface area contributed by atoms with Gasteiger partial charge in [0.15, 0.2) is 0 Å². The topological polar surface area (TPSA) is 86.7 Å². The Morgan fingerprint density at radius 2 is 1.77 bits per heavy atom. The highest BCUT2D eigenvalue weighted by atomic mass is 16.5. The Labute approximate surface area is 204 Å². The molecular formula is C28H26N4O3. The molecule has 35 heavy (non-hydrogen) atoms. The zero-order chi connectivity index (χ0) is 24.0. The lowest BCUT2D eigenvalue weighted by molar-refractivity contribution is 0.0707. The summed E-state index contributed by atoms with van der Waals surface area (Å²) in [6.45, 7) is 2.12. The lowest BCUT2D eigenvalue weighted by Crippen LogP contribution is -2.54. The van der Waals surface area contributed by atoms with Gasteiger partial charge in [0, 0.05) is 30.2 Å². The molecule has 7 heteroatoms. The monoisotopic (exact) mass is 466 g/mol. The number of amides is 1. The molecule has 7 nitrogen and oxygen atoms in total. The van der Waals surface area contributed by atoms with E-state index in [-0.39, 0.29) is 6.10 Å². The van der Waals surface area contributed by atoms with Crippen molar-refractivity contribution in [3.8, 4) is 16.9 Å². The number of nitrogens with zero attached hydrogens (tertiary/aromatic N) is 2. The van der Waals surface area contributed by atoms with Crippen LogP contribution in [0, 0.1) is 0 Å². The summed E-state index contributed by atoms with van der Waals surface area (Å²) in [6, 6.07) is 27.3. The van der Waals surface area contributed by atoms with Crippen molar-refractivity contribution in [2.24, 2.45) is 0 Å². The standard InChI is InChI=1S/C28H26N4O3/c33-28(31-34)25-9-4-10-26(27(25)21-6-2-1-3-7-21)32-18-24(19-32)35-23-13-11-20(12-14-23)16-30-22-8-5-15-29-17-22/h1-15,17,24,30,34H,16,18-19H2,(H,31,33). The number of nitrogens with one attached hydrogen (secondary N) is 2. The lowest BCUT2D eigenvalue weighted by Gasteiger charge is -2.42. The Kier molecular flexibility index (Phi) is 6.59. The number of hydrogen-bond acceptors (Lipinski definition) is 6. The third-order valence-corrected chi connectivity index (χ3v) is 6.02. The van der Waals surface area contributed by atoms with E-state index >= 15 is 0 Å². The Bertz CT molecular complexity index is 1270. The molecule has 0 atom stereocenters. The fourth-order valence-electron chi connectivity index (χ4n) is 4.22. The maximum atomic E-state index is 12.3. The second kappa shape index (κ2) is 10.3. The summed E-state index contributed by atoms with van der Waals surface area (Å²) in [5, 5.41) is 12.6. The molecule has 1 amide bonds. The van der Waals surface area contributed by atoms with E-state index in [1.54, 1.807) is 23.9 Å². The van der Waals surface area contributed by atoms with Crippen LogP contribution in [0.1, 0.15) is 15.9 Å². The summed E-state index contributed by atoms with van der Waals surface area (Å²) in [6.07, 6.45) is 3.60. The molecule has 0 radical (unpaired) electrons. The van der Waals surface area contributed by atoms with Crippen LogP contribution in [-0.4, -0.2) is 35.3 Å². The Morgan fingerprint density at radius 3 is 2.49 bits per heavy atom.